The maximum Gasteiger partial charge on any atom is 0.0642 e. The fourth-order valence-electron chi connectivity index (χ4n) is 1.42. The number of hydrogen-bond donors (Lipinski definition) is 2. The first-order valence-electron chi connectivity index (χ1n) is 4.89. The minimum atomic E-state index is -0.149. The van der Waals surface area contributed by atoms with Gasteiger partial charge in [0.15, 0.2) is 0 Å². The van der Waals surface area contributed by atoms with Crippen molar-refractivity contribution in [3.8, 4) is 0 Å². The van der Waals surface area contributed by atoms with E-state index in [1.54, 1.807) is 0 Å². The van der Waals surface area contributed by atoms with E-state index in [1.165, 1.54) is 0 Å². The van der Waals surface area contributed by atoms with Crippen LogP contribution < -0.4 is 10.6 Å². The van der Waals surface area contributed by atoms with E-state index < -0.39 is 0 Å². The molecule has 0 bridgehead atoms. The van der Waals surface area contributed by atoms with Gasteiger partial charge in [-0.3, -0.25) is 0 Å². The molecule has 3 N–H and O–H groups in total. The van der Waals surface area contributed by atoms with E-state index in [1.807, 2.05) is 37.2 Å². The summed E-state index contributed by atoms with van der Waals surface area (Å²) < 4.78 is 0. The highest BCUT2D eigenvalue weighted by molar-refractivity contribution is 6.33. The van der Waals surface area contributed by atoms with Crippen LogP contribution in [-0.2, 0) is 0 Å². The summed E-state index contributed by atoms with van der Waals surface area (Å²) in [6, 6.07) is 5.59. The molecular weight excluding hydrogens is 212 g/mol. The van der Waals surface area contributed by atoms with Crippen molar-refractivity contribution in [2.24, 2.45) is 5.73 Å². The Morgan fingerprint density at radius 1 is 1.47 bits per heavy atom. The molecule has 1 rings (SSSR count). The quantitative estimate of drug-likeness (QED) is 0.826. The lowest BCUT2D eigenvalue weighted by Crippen LogP contribution is -2.13. The fourth-order valence-corrected chi connectivity index (χ4v) is 1.78. The van der Waals surface area contributed by atoms with Gasteiger partial charge in [-0.2, -0.15) is 0 Å². The van der Waals surface area contributed by atoms with E-state index in [2.05, 4.69) is 0 Å². The molecule has 3 nitrogen and oxygen atoms in total. The van der Waals surface area contributed by atoms with Crippen molar-refractivity contribution in [3.63, 3.8) is 0 Å². The van der Waals surface area contributed by atoms with Crippen LogP contribution >= 0.6 is 11.6 Å². The first-order chi connectivity index (χ1) is 7.06. The van der Waals surface area contributed by atoms with Crippen molar-refractivity contribution >= 4 is 17.3 Å². The zero-order valence-corrected chi connectivity index (χ0v) is 9.83. The second kappa shape index (κ2) is 5.35. The maximum absolute atomic E-state index is 8.79. The molecule has 84 valence electrons. The summed E-state index contributed by atoms with van der Waals surface area (Å²) >= 11 is 6.11. The van der Waals surface area contributed by atoms with Crippen LogP contribution in [0, 0.1) is 0 Å². The highest BCUT2D eigenvalue weighted by Gasteiger charge is 2.08. The van der Waals surface area contributed by atoms with Crippen molar-refractivity contribution in [2.45, 2.75) is 12.5 Å². The van der Waals surface area contributed by atoms with Crippen LogP contribution in [0.5, 0.6) is 0 Å². The Hall–Kier alpha value is -0.770. The lowest BCUT2D eigenvalue weighted by molar-refractivity contribution is 0.276. The van der Waals surface area contributed by atoms with Crippen LogP contribution in [-0.4, -0.2) is 25.8 Å². The van der Waals surface area contributed by atoms with Gasteiger partial charge in [0, 0.05) is 26.7 Å². The van der Waals surface area contributed by atoms with E-state index in [4.69, 9.17) is 22.4 Å². The summed E-state index contributed by atoms with van der Waals surface area (Å²) in [5.74, 6) is 0. The van der Waals surface area contributed by atoms with Gasteiger partial charge < -0.3 is 15.7 Å². The standard InChI is InChI=1S/C11H17ClN2O/c1-14(2)11-4-3-8(7-9(11)12)10(13)5-6-15/h3-4,7,10,15H,5-6,13H2,1-2H3. The Morgan fingerprint density at radius 3 is 2.60 bits per heavy atom. The smallest absolute Gasteiger partial charge is 0.0642 e. The second-order valence-corrected chi connectivity index (χ2v) is 4.13. The normalized spacial score (nSPS) is 12.6. The van der Waals surface area contributed by atoms with Gasteiger partial charge >= 0.3 is 0 Å². The molecule has 0 aromatic heterocycles. The Bertz CT molecular complexity index is 328. The van der Waals surface area contributed by atoms with Crippen LogP contribution in [0.4, 0.5) is 5.69 Å². The molecule has 0 fully saturated rings. The maximum atomic E-state index is 8.79. The van der Waals surface area contributed by atoms with E-state index in [0.717, 1.165) is 11.3 Å². The number of benzene rings is 1. The van der Waals surface area contributed by atoms with Crippen LogP contribution in [0.25, 0.3) is 0 Å². The van der Waals surface area contributed by atoms with Crippen molar-refractivity contribution in [3.05, 3.63) is 28.8 Å². The number of halogens is 1. The third kappa shape index (κ3) is 3.09. The Kier molecular flexibility index (Phi) is 4.39. The molecule has 0 aliphatic heterocycles. The largest absolute Gasteiger partial charge is 0.396 e. The van der Waals surface area contributed by atoms with E-state index in [0.29, 0.717) is 11.4 Å². The third-order valence-electron chi connectivity index (χ3n) is 2.32. The molecule has 0 spiro atoms. The molecule has 0 aliphatic rings. The molecule has 4 heteroatoms. The van der Waals surface area contributed by atoms with E-state index in [-0.39, 0.29) is 12.6 Å². The molecule has 0 saturated heterocycles. The summed E-state index contributed by atoms with van der Waals surface area (Å²) in [5.41, 5.74) is 7.80. The molecule has 0 saturated carbocycles. The fraction of sp³-hybridized carbons (Fsp3) is 0.455. The average molecular weight is 229 g/mol. The lowest BCUT2D eigenvalue weighted by Gasteiger charge is -2.17. The number of hydrogen-bond acceptors (Lipinski definition) is 3. The predicted molar refractivity (Wildman–Crippen MR) is 64.4 cm³/mol. The van der Waals surface area contributed by atoms with Gasteiger partial charge in [-0.05, 0) is 24.1 Å². The lowest BCUT2D eigenvalue weighted by atomic mass is 10.0. The highest BCUT2D eigenvalue weighted by atomic mass is 35.5. The molecule has 0 amide bonds. The van der Waals surface area contributed by atoms with Gasteiger partial charge in [0.2, 0.25) is 0 Å². The topological polar surface area (TPSA) is 49.5 Å². The molecule has 0 radical (unpaired) electrons. The SMILES string of the molecule is CN(C)c1ccc(C(N)CCO)cc1Cl. The molecule has 1 unspecified atom stereocenters. The Morgan fingerprint density at radius 2 is 2.13 bits per heavy atom. The molecule has 0 heterocycles. The van der Waals surface area contributed by atoms with Gasteiger partial charge in [0.25, 0.3) is 0 Å². The van der Waals surface area contributed by atoms with Gasteiger partial charge in [0.1, 0.15) is 0 Å². The molecule has 0 aliphatic carbocycles. The van der Waals surface area contributed by atoms with Crippen LogP contribution in [0.3, 0.4) is 0 Å². The predicted octanol–water partition coefficient (Wildman–Crippen LogP) is 1.79. The van der Waals surface area contributed by atoms with Crippen LogP contribution in [0.15, 0.2) is 18.2 Å². The number of nitrogens with zero attached hydrogens (tertiary/aromatic N) is 1. The summed E-state index contributed by atoms with van der Waals surface area (Å²) in [4.78, 5) is 1.95. The van der Waals surface area contributed by atoms with E-state index in [9.17, 15) is 0 Å². The van der Waals surface area contributed by atoms with Crippen LogP contribution in [0.1, 0.15) is 18.0 Å². The number of aliphatic hydroxyl groups is 1. The van der Waals surface area contributed by atoms with Gasteiger partial charge in [-0.15, -0.1) is 0 Å². The zero-order chi connectivity index (χ0) is 11.4. The first kappa shape index (κ1) is 12.3. The average Bonchev–Trinajstić information content (AvgIpc) is 2.17. The number of aliphatic hydroxyl groups excluding tert-OH is 1. The van der Waals surface area contributed by atoms with Gasteiger partial charge in [-0.25, -0.2) is 0 Å². The number of rotatable bonds is 4. The summed E-state index contributed by atoms with van der Waals surface area (Å²) in [7, 11) is 3.88. The van der Waals surface area contributed by atoms with Crippen LogP contribution in [0.2, 0.25) is 5.02 Å². The van der Waals surface area contributed by atoms with Crippen molar-refractivity contribution < 1.29 is 5.11 Å². The summed E-state index contributed by atoms with van der Waals surface area (Å²) in [5, 5.41) is 9.47. The molecule has 1 atom stereocenters. The minimum absolute atomic E-state index is 0.0915. The van der Waals surface area contributed by atoms with Crippen molar-refractivity contribution in [1.82, 2.24) is 0 Å². The first-order valence-corrected chi connectivity index (χ1v) is 5.27. The molecule has 1 aromatic carbocycles. The molecular formula is C11H17ClN2O. The highest BCUT2D eigenvalue weighted by Crippen LogP contribution is 2.27. The molecule has 15 heavy (non-hydrogen) atoms. The zero-order valence-electron chi connectivity index (χ0n) is 9.07. The number of nitrogens with two attached hydrogens (primary N) is 1. The van der Waals surface area contributed by atoms with Gasteiger partial charge in [0.05, 0.1) is 10.7 Å². The number of anilines is 1. The second-order valence-electron chi connectivity index (χ2n) is 3.72. The summed E-state index contributed by atoms with van der Waals surface area (Å²) in [6.45, 7) is 0.0915. The van der Waals surface area contributed by atoms with Gasteiger partial charge in [-0.1, -0.05) is 17.7 Å². The Balaban J connectivity index is 2.91. The van der Waals surface area contributed by atoms with E-state index >= 15 is 0 Å². The van der Waals surface area contributed by atoms with Crippen molar-refractivity contribution in [1.29, 1.82) is 0 Å². The third-order valence-corrected chi connectivity index (χ3v) is 2.62. The monoisotopic (exact) mass is 228 g/mol. The minimum Gasteiger partial charge on any atom is -0.396 e. The Labute approximate surface area is 95.5 Å². The van der Waals surface area contributed by atoms with Crippen molar-refractivity contribution in [2.75, 3.05) is 25.6 Å². The summed E-state index contributed by atoms with van der Waals surface area (Å²) in [6.07, 6.45) is 0.553. The molecule has 1 aromatic rings.